The van der Waals surface area contributed by atoms with E-state index >= 15 is 4.39 Å². The molecule has 1 saturated carbocycles. The number of piperidine rings is 1. The van der Waals surface area contributed by atoms with Gasteiger partial charge in [-0.15, -0.1) is 0 Å². The predicted octanol–water partition coefficient (Wildman–Crippen LogP) is 2.67. The van der Waals surface area contributed by atoms with Crippen molar-refractivity contribution in [1.82, 2.24) is 9.47 Å². The maximum atomic E-state index is 15.4. The highest BCUT2D eigenvalue weighted by atomic mass is 19.1. The zero-order valence-electron chi connectivity index (χ0n) is 18.7. The fourth-order valence-corrected chi connectivity index (χ4v) is 5.26. The first-order valence-corrected chi connectivity index (χ1v) is 11.5. The number of rotatable bonds is 6. The average molecular weight is 458 g/mol. The van der Waals surface area contributed by atoms with Gasteiger partial charge in [0.25, 0.3) is 0 Å². The van der Waals surface area contributed by atoms with Gasteiger partial charge in [-0.05, 0) is 31.2 Å². The molecule has 2 aliphatic heterocycles. The zero-order valence-corrected chi connectivity index (χ0v) is 18.7. The van der Waals surface area contributed by atoms with Crippen LogP contribution in [0, 0.1) is 11.7 Å². The Bertz CT molecular complexity index is 1180. The van der Waals surface area contributed by atoms with Crippen molar-refractivity contribution in [2.24, 2.45) is 5.92 Å². The number of aromatic nitrogens is 1. The molecule has 1 atom stereocenters. The second-order valence-electron chi connectivity index (χ2n) is 9.39. The SMILES string of the molecule is COc1c(N2CCC(CN3CCC(=O)CC3)C2)c(F)cc2c(=O)c(C(=O)O)cn(C3CC3)c12. The van der Waals surface area contributed by atoms with Crippen LogP contribution in [-0.2, 0) is 4.79 Å². The summed E-state index contributed by atoms with van der Waals surface area (Å²) in [6, 6.07) is 1.25. The quantitative estimate of drug-likeness (QED) is 0.713. The number of Topliss-reactive ketones (excluding diaryl/α,β-unsaturated/α-hetero) is 1. The first kappa shape index (κ1) is 21.9. The Kier molecular flexibility index (Phi) is 5.60. The maximum Gasteiger partial charge on any atom is 0.341 e. The fraction of sp³-hybridized carbons (Fsp3) is 0.542. The fourth-order valence-electron chi connectivity index (χ4n) is 5.26. The number of likely N-dealkylation sites (tertiary alicyclic amines) is 1. The van der Waals surface area contributed by atoms with E-state index in [4.69, 9.17) is 4.74 Å². The summed E-state index contributed by atoms with van der Waals surface area (Å²) in [5.41, 5.74) is -0.260. The van der Waals surface area contributed by atoms with Gasteiger partial charge in [0.05, 0.1) is 18.0 Å². The van der Waals surface area contributed by atoms with Gasteiger partial charge in [-0.1, -0.05) is 0 Å². The summed E-state index contributed by atoms with van der Waals surface area (Å²) in [5.74, 6) is -0.949. The Morgan fingerprint density at radius 3 is 2.55 bits per heavy atom. The van der Waals surface area contributed by atoms with Crippen molar-refractivity contribution in [3.8, 4) is 5.75 Å². The molecular formula is C24H28FN3O5. The highest BCUT2D eigenvalue weighted by molar-refractivity contribution is 5.97. The molecule has 9 heteroatoms. The van der Waals surface area contributed by atoms with Crippen molar-refractivity contribution < 1.29 is 23.8 Å². The summed E-state index contributed by atoms with van der Waals surface area (Å²) in [6.07, 6.45) is 5.22. The van der Waals surface area contributed by atoms with Crippen LogP contribution in [0.5, 0.6) is 5.75 Å². The van der Waals surface area contributed by atoms with Crippen molar-refractivity contribution in [2.45, 2.75) is 38.1 Å². The molecule has 1 aromatic carbocycles. The van der Waals surface area contributed by atoms with Gasteiger partial charge < -0.3 is 24.2 Å². The Morgan fingerprint density at radius 2 is 1.91 bits per heavy atom. The first-order chi connectivity index (χ1) is 15.9. The molecule has 0 radical (unpaired) electrons. The van der Waals surface area contributed by atoms with E-state index in [0.717, 1.165) is 38.9 Å². The zero-order chi connectivity index (χ0) is 23.3. The van der Waals surface area contributed by atoms with E-state index in [0.29, 0.717) is 48.8 Å². The number of carboxylic acid groups (broad SMARTS) is 1. The highest BCUT2D eigenvalue weighted by Crippen LogP contribution is 2.44. The number of carbonyl (C=O) groups is 2. The Balaban J connectivity index is 1.51. The second-order valence-corrected chi connectivity index (χ2v) is 9.39. The lowest BCUT2D eigenvalue weighted by Crippen LogP contribution is -2.38. The number of hydrogen-bond acceptors (Lipinski definition) is 6. The number of anilines is 1. The third kappa shape index (κ3) is 3.99. The summed E-state index contributed by atoms with van der Waals surface area (Å²) in [6.45, 7) is 3.75. The van der Waals surface area contributed by atoms with Gasteiger partial charge in [-0.3, -0.25) is 9.59 Å². The molecule has 33 heavy (non-hydrogen) atoms. The number of halogens is 1. The van der Waals surface area contributed by atoms with Crippen LogP contribution in [0.1, 0.15) is 48.5 Å². The number of carbonyl (C=O) groups excluding carboxylic acids is 1. The molecule has 1 N–H and O–H groups in total. The number of ketones is 1. The third-order valence-corrected chi connectivity index (χ3v) is 7.11. The number of hydrogen-bond donors (Lipinski definition) is 1. The third-order valence-electron chi connectivity index (χ3n) is 7.11. The number of methoxy groups -OCH3 is 1. The molecule has 3 fully saturated rings. The van der Waals surface area contributed by atoms with Gasteiger partial charge in [-0.25, -0.2) is 9.18 Å². The van der Waals surface area contributed by atoms with Crippen LogP contribution < -0.4 is 15.1 Å². The summed E-state index contributed by atoms with van der Waals surface area (Å²) in [7, 11) is 1.46. The van der Waals surface area contributed by atoms with Gasteiger partial charge in [0.2, 0.25) is 5.43 Å². The number of carboxylic acids is 1. The number of benzene rings is 1. The molecule has 1 aliphatic carbocycles. The monoisotopic (exact) mass is 457 g/mol. The van der Waals surface area contributed by atoms with Crippen molar-refractivity contribution in [2.75, 3.05) is 44.7 Å². The second kappa shape index (κ2) is 8.44. The molecule has 1 aromatic heterocycles. The van der Waals surface area contributed by atoms with Gasteiger partial charge in [-0.2, -0.15) is 0 Å². The van der Waals surface area contributed by atoms with Crippen LogP contribution in [-0.4, -0.2) is 66.2 Å². The maximum absolute atomic E-state index is 15.4. The normalized spacial score (nSPS) is 21.7. The van der Waals surface area contributed by atoms with E-state index in [1.807, 2.05) is 4.90 Å². The lowest BCUT2D eigenvalue weighted by molar-refractivity contribution is -0.121. The van der Waals surface area contributed by atoms with E-state index in [2.05, 4.69) is 4.90 Å². The van der Waals surface area contributed by atoms with Gasteiger partial charge in [0.15, 0.2) is 11.6 Å². The molecule has 0 amide bonds. The van der Waals surface area contributed by atoms with Crippen molar-refractivity contribution in [3.63, 3.8) is 0 Å². The van der Waals surface area contributed by atoms with E-state index in [-0.39, 0.29) is 22.7 Å². The van der Waals surface area contributed by atoms with Gasteiger partial charge in [0.1, 0.15) is 17.0 Å². The Hall–Kier alpha value is -2.94. The molecular weight excluding hydrogens is 429 g/mol. The molecule has 3 aliphatic rings. The number of nitrogens with zero attached hydrogens (tertiary/aromatic N) is 3. The lowest BCUT2D eigenvalue weighted by Gasteiger charge is -2.29. The van der Waals surface area contributed by atoms with Gasteiger partial charge in [0, 0.05) is 57.8 Å². The predicted molar refractivity (Wildman–Crippen MR) is 121 cm³/mol. The number of aromatic carboxylic acids is 1. The minimum Gasteiger partial charge on any atom is -0.492 e. The van der Waals surface area contributed by atoms with E-state index in [9.17, 15) is 19.5 Å². The van der Waals surface area contributed by atoms with E-state index in [1.165, 1.54) is 19.4 Å². The van der Waals surface area contributed by atoms with E-state index < -0.39 is 17.2 Å². The summed E-state index contributed by atoms with van der Waals surface area (Å²) in [5, 5.41) is 9.52. The van der Waals surface area contributed by atoms with Crippen LogP contribution >= 0.6 is 0 Å². The number of fused-ring (bicyclic) bond motifs is 1. The molecule has 5 rings (SSSR count). The topological polar surface area (TPSA) is 92.1 Å². The average Bonchev–Trinajstić information content (AvgIpc) is 3.53. The molecule has 1 unspecified atom stereocenters. The minimum atomic E-state index is -1.32. The number of ether oxygens (including phenoxy) is 1. The first-order valence-electron chi connectivity index (χ1n) is 11.5. The van der Waals surface area contributed by atoms with Crippen LogP contribution in [0.3, 0.4) is 0 Å². The summed E-state index contributed by atoms with van der Waals surface area (Å²) in [4.78, 5) is 40.3. The van der Waals surface area contributed by atoms with Crippen LogP contribution in [0.25, 0.3) is 10.9 Å². The van der Waals surface area contributed by atoms with Crippen LogP contribution in [0.2, 0.25) is 0 Å². The van der Waals surface area contributed by atoms with E-state index in [1.54, 1.807) is 4.57 Å². The molecule has 3 heterocycles. The minimum absolute atomic E-state index is 0.0358. The van der Waals surface area contributed by atoms with Crippen molar-refractivity contribution in [3.05, 3.63) is 33.9 Å². The highest BCUT2D eigenvalue weighted by Gasteiger charge is 2.34. The van der Waals surface area contributed by atoms with Crippen LogP contribution in [0.4, 0.5) is 10.1 Å². The summed E-state index contributed by atoms with van der Waals surface area (Å²) < 4.78 is 22.9. The van der Waals surface area contributed by atoms with Crippen molar-refractivity contribution in [1.29, 1.82) is 0 Å². The molecule has 0 spiro atoms. The molecule has 8 nitrogen and oxygen atoms in total. The standard InChI is InChI=1S/C24H28FN3O5/c1-33-23-20-17(22(30)18(24(31)32)13-28(20)15-2-3-15)10-19(25)21(23)27-9-4-14(12-27)11-26-7-5-16(29)6-8-26/h10,13-15H,2-9,11-12H2,1H3,(H,31,32). The molecule has 176 valence electrons. The molecule has 0 bridgehead atoms. The molecule has 2 aromatic rings. The van der Waals surface area contributed by atoms with Gasteiger partial charge >= 0.3 is 5.97 Å². The molecule has 2 saturated heterocycles. The smallest absolute Gasteiger partial charge is 0.341 e. The number of pyridine rings is 1. The summed E-state index contributed by atoms with van der Waals surface area (Å²) >= 11 is 0. The Morgan fingerprint density at radius 1 is 1.18 bits per heavy atom. The largest absolute Gasteiger partial charge is 0.492 e. The van der Waals surface area contributed by atoms with Crippen LogP contribution in [0.15, 0.2) is 17.1 Å². The van der Waals surface area contributed by atoms with Crippen molar-refractivity contribution >= 4 is 28.3 Å². The lowest BCUT2D eigenvalue weighted by atomic mass is 10.0. The Labute approximate surface area is 190 Å².